The number of hydrogen-bond acceptors (Lipinski definition) is 4. The lowest BCUT2D eigenvalue weighted by Crippen LogP contribution is -2.48. The van der Waals surface area contributed by atoms with Gasteiger partial charge in [-0.2, -0.15) is 4.31 Å². The Labute approximate surface area is 155 Å². The smallest absolute Gasteiger partial charge is 0.252 e. The third-order valence-electron chi connectivity index (χ3n) is 3.95. The first kappa shape index (κ1) is 17.8. The Morgan fingerprint density at radius 3 is 2.38 bits per heavy atom. The fraction of sp³-hybridized carbons (Fsp3) is 0.294. The van der Waals surface area contributed by atoms with Gasteiger partial charge in [0.15, 0.2) is 0 Å². The summed E-state index contributed by atoms with van der Waals surface area (Å²) in [6, 6.07) is 13.6. The van der Waals surface area contributed by atoms with Crippen LogP contribution in [0.2, 0.25) is 0 Å². The molecule has 7 heteroatoms. The van der Waals surface area contributed by atoms with Gasteiger partial charge < -0.3 is 0 Å². The second-order valence-electron chi connectivity index (χ2n) is 5.58. The molecule has 4 nitrogen and oxygen atoms in total. The highest BCUT2D eigenvalue weighted by atomic mass is 79.9. The van der Waals surface area contributed by atoms with Gasteiger partial charge in [-0.05, 0) is 33.6 Å². The first-order valence-corrected chi connectivity index (χ1v) is 10.8. The molecule has 1 aliphatic rings. The van der Waals surface area contributed by atoms with Gasteiger partial charge in [-0.3, -0.25) is 4.90 Å². The van der Waals surface area contributed by atoms with Crippen molar-refractivity contribution in [3.05, 3.63) is 57.9 Å². The highest BCUT2D eigenvalue weighted by Crippen LogP contribution is 2.28. The maximum atomic E-state index is 12.6. The predicted octanol–water partition coefficient (Wildman–Crippen LogP) is 3.53. The summed E-state index contributed by atoms with van der Waals surface area (Å²) >= 11 is 4.59. The van der Waals surface area contributed by atoms with Crippen molar-refractivity contribution in [3.8, 4) is 0 Å². The second kappa shape index (κ2) is 7.93. The van der Waals surface area contributed by atoms with E-state index in [1.54, 1.807) is 16.4 Å². The molecule has 0 radical (unpaired) electrons. The van der Waals surface area contributed by atoms with Gasteiger partial charge in [-0.25, -0.2) is 8.42 Å². The van der Waals surface area contributed by atoms with Gasteiger partial charge in [-0.1, -0.05) is 42.5 Å². The fourth-order valence-electron chi connectivity index (χ4n) is 2.62. The SMILES string of the molecule is O=S(=O)(c1ccc(Br)s1)N1CCN(CC=Cc2ccccc2)CC1. The van der Waals surface area contributed by atoms with Gasteiger partial charge in [0.25, 0.3) is 10.0 Å². The van der Waals surface area contributed by atoms with Gasteiger partial charge in [0.2, 0.25) is 0 Å². The number of sulfonamides is 1. The Hall–Kier alpha value is -0.990. The molecule has 1 aromatic carbocycles. The van der Waals surface area contributed by atoms with E-state index < -0.39 is 10.0 Å². The topological polar surface area (TPSA) is 40.6 Å². The molecule has 1 fully saturated rings. The maximum absolute atomic E-state index is 12.6. The van der Waals surface area contributed by atoms with Crippen LogP contribution in [0.5, 0.6) is 0 Å². The lowest BCUT2D eigenvalue weighted by Gasteiger charge is -2.33. The highest BCUT2D eigenvalue weighted by Gasteiger charge is 2.29. The van der Waals surface area contributed by atoms with Gasteiger partial charge >= 0.3 is 0 Å². The number of benzene rings is 1. The number of hydrogen-bond donors (Lipinski definition) is 0. The molecule has 0 N–H and O–H groups in total. The van der Waals surface area contributed by atoms with Crippen LogP contribution in [0.25, 0.3) is 6.08 Å². The van der Waals surface area contributed by atoms with E-state index >= 15 is 0 Å². The van der Waals surface area contributed by atoms with Crippen molar-refractivity contribution in [1.82, 2.24) is 9.21 Å². The van der Waals surface area contributed by atoms with E-state index in [9.17, 15) is 8.42 Å². The van der Waals surface area contributed by atoms with Crippen LogP contribution in [0, 0.1) is 0 Å². The summed E-state index contributed by atoms with van der Waals surface area (Å²) < 4.78 is 28.0. The summed E-state index contributed by atoms with van der Waals surface area (Å²) in [5, 5.41) is 0. The van der Waals surface area contributed by atoms with E-state index in [-0.39, 0.29) is 0 Å². The Kier molecular flexibility index (Phi) is 5.89. The molecular formula is C17H19BrN2O2S2. The number of thiophene rings is 1. The van der Waals surface area contributed by atoms with E-state index in [1.807, 2.05) is 18.2 Å². The van der Waals surface area contributed by atoms with E-state index in [2.05, 4.69) is 45.1 Å². The van der Waals surface area contributed by atoms with Crippen molar-refractivity contribution in [2.45, 2.75) is 4.21 Å². The number of rotatable bonds is 5. The molecular weight excluding hydrogens is 408 g/mol. The molecule has 0 aliphatic carbocycles. The molecule has 0 atom stereocenters. The minimum atomic E-state index is -3.35. The van der Waals surface area contributed by atoms with Crippen LogP contribution < -0.4 is 0 Å². The van der Waals surface area contributed by atoms with Crippen LogP contribution in [0.15, 0.2) is 56.5 Å². The third-order valence-corrected chi connectivity index (χ3v) is 7.94. The van der Waals surface area contributed by atoms with E-state index in [0.717, 1.165) is 23.4 Å². The third kappa shape index (κ3) is 4.34. The Morgan fingerprint density at radius 2 is 1.75 bits per heavy atom. The highest BCUT2D eigenvalue weighted by molar-refractivity contribution is 9.11. The summed E-state index contributed by atoms with van der Waals surface area (Å²) in [6.07, 6.45) is 4.24. The van der Waals surface area contributed by atoms with Crippen molar-refractivity contribution in [2.75, 3.05) is 32.7 Å². The molecule has 2 aromatic rings. The van der Waals surface area contributed by atoms with Crippen molar-refractivity contribution in [2.24, 2.45) is 0 Å². The normalized spacial score (nSPS) is 17.5. The van der Waals surface area contributed by atoms with Crippen LogP contribution >= 0.6 is 27.3 Å². The Morgan fingerprint density at radius 1 is 1.04 bits per heavy atom. The van der Waals surface area contributed by atoms with E-state index in [1.165, 1.54) is 16.9 Å². The van der Waals surface area contributed by atoms with Crippen LogP contribution in [0.3, 0.4) is 0 Å². The summed E-state index contributed by atoms with van der Waals surface area (Å²) in [5.74, 6) is 0. The molecule has 128 valence electrons. The average molecular weight is 427 g/mol. The Bertz CT molecular complexity index is 795. The van der Waals surface area contributed by atoms with Crippen molar-refractivity contribution in [1.29, 1.82) is 0 Å². The largest absolute Gasteiger partial charge is 0.297 e. The van der Waals surface area contributed by atoms with Crippen molar-refractivity contribution < 1.29 is 8.42 Å². The summed E-state index contributed by atoms with van der Waals surface area (Å²) in [4.78, 5) is 2.27. The van der Waals surface area contributed by atoms with Gasteiger partial charge in [0.05, 0.1) is 3.79 Å². The zero-order chi connectivity index (χ0) is 17.0. The quantitative estimate of drug-likeness (QED) is 0.733. The first-order chi connectivity index (χ1) is 11.6. The van der Waals surface area contributed by atoms with Crippen molar-refractivity contribution >= 4 is 43.4 Å². The van der Waals surface area contributed by atoms with E-state index in [4.69, 9.17) is 0 Å². The molecule has 24 heavy (non-hydrogen) atoms. The molecule has 2 heterocycles. The standard InChI is InChI=1S/C17H19BrN2O2S2/c18-16-8-9-17(23-16)24(21,22)20-13-11-19(12-14-20)10-4-7-15-5-2-1-3-6-15/h1-9H,10-14H2. The summed E-state index contributed by atoms with van der Waals surface area (Å²) in [7, 11) is -3.35. The van der Waals surface area contributed by atoms with Crippen LogP contribution in [-0.2, 0) is 10.0 Å². The number of piperazine rings is 1. The summed E-state index contributed by atoms with van der Waals surface area (Å²) in [6.45, 7) is 3.43. The lowest BCUT2D eigenvalue weighted by molar-refractivity contribution is 0.205. The predicted molar refractivity (Wildman–Crippen MR) is 103 cm³/mol. The minimum Gasteiger partial charge on any atom is -0.297 e. The van der Waals surface area contributed by atoms with Gasteiger partial charge in [0, 0.05) is 32.7 Å². The van der Waals surface area contributed by atoms with Crippen LogP contribution in [0.1, 0.15) is 5.56 Å². The van der Waals surface area contributed by atoms with Gasteiger partial charge in [-0.15, -0.1) is 11.3 Å². The zero-order valence-corrected chi connectivity index (χ0v) is 16.4. The lowest BCUT2D eigenvalue weighted by atomic mass is 10.2. The van der Waals surface area contributed by atoms with Crippen LogP contribution in [-0.4, -0.2) is 50.3 Å². The minimum absolute atomic E-state index is 0.409. The average Bonchev–Trinajstić information content (AvgIpc) is 3.04. The number of halogens is 1. The van der Waals surface area contributed by atoms with E-state index in [0.29, 0.717) is 17.3 Å². The summed E-state index contributed by atoms with van der Waals surface area (Å²) in [5.41, 5.74) is 1.18. The molecule has 1 aromatic heterocycles. The van der Waals surface area contributed by atoms with Crippen LogP contribution in [0.4, 0.5) is 0 Å². The van der Waals surface area contributed by atoms with Crippen molar-refractivity contribution in [3.63, 3.8) is 0 Å². The fourth-order valence-corrected chi connectivity index (χ4v) is 6.20. The molecule has 0 amide bonds. The monoisotopic (exact) mass is 426 g/mol. The zero-order valence-electron chi connectivity index (χ0n) is 13.1. The molecule has 3 rings (SSSR count). The molecule has 1 aliphatic heterocycles. The Balaban J connectivity index is 1.53. The second-order valence-corrected chi connectivity index (χ2v) is 10.2. The molecule has 1 saturated heterocycles. The number of nitrogens with zero attached hydrogens (tertiary/aromatic N) is 2. The molecule has 0 saturated carbocycles. The van der Waals surface area contributed by atoms with Gasteiger partial charge in [0.1, 0.15) is 4.21 Å². The molecule has 0 unspecified atom stereocenters. The molecule has 0 spiro atoms. The maximum Gasteiger partial charge on any atom is 0.252 e. The molecule has 0 bridgehead atoms. The first-order valence-electron chi connectivity index (χ1n) is 7.75.